The van der Waals surface area contributed by atoms with Gasteiger partial charge in [-0.25, -0.2) is 4.79 Å². The van der Waals surface area contributed by atoms with Crippen molar-refractivity contribution in [1.82, 2.24) is 0 Å². The van der Waals surface area contributed by atoms with E-state index in [4.69, 9.17) is 31.5 Å². The molecule has 188 valence electrons. The first-order chi connectivity index (χ1) is 18.4. The maximum Gasteiger partial charge on any atom is 0.343 e. The second-order valence-electron chi connectivity index (χ2n) is 8.87. The predicted molar refractivity (Wildman–Crippen MR) is 144 cm³/mol. The van der Waals surface area contributed by atoms with E-state index in [1.807, 2.05) is 55.5 Å². The Morgan fingerprint density at radius 1 is 1.00 bits per heavy atom. The molecule has 4 aromatic rings. The molecule has 0 aromatic heterocycles. The number of esters is 1. The Kier molecular flexibility index (Phi) is 7.03. The van der Waals surface area contributed by atoms with Crippen LogP contribution in [0.15, 0.2) is 102 Å². The summed E-state index contributed by atoms with van der Waals surface area (Å²) in [7, 11) is 0. The summed E-state index contributed by atoms with van der Waals surface area (Å²) in [6.07, 6.45) is 0. The molecule has 0 amide bonds. The molecule has 38 heavy (non-hydrogen) atoms. The average Bonchev–Trinajstić information content (AvgIpc) is 2.92. The highest BCUT2D eigenvalue weighted by molar-refractivity contribution is 6.30. The van der Waals surface area contributed by atoms with Crippen molar-refractivity contribution in [3.05, 3.63) is 135 Å². The number of nitrogens with zero attached hydrogens (tertiary/aromatic N) is 1. The molecule has 0 bridgehead atoms. The number of halogens is 1. The topological polar surface area (TPSA) is 94.6 Å². The minimum atomic E-state index is -0.553. The summed E-state index contributed by atoms with van der Waals surface area (Å²) < 4.78 is 17.2. The van der Waals surface area contributed by atoms with Crippen LogP contribution < -0.4 is 19.9 Å². The van der Waals surface area contributed by atoms with Gasteiger partial charge in [-0.1, -0.05) is 65.7 Å². The largest absolute Gasteiger partial charge is 0.489 e. The molecule has 1 unspecified atom stereocenters. The van der Waals surface area contributed by atoms with Crippen molar-refractivity contribution < 1.29 is 19.0 Å². The Bertz CT molecular complexity index is 1570. The van der Waals surface area contributed by atoms with Gasteiger partial charge in [-0.05, 0) is 54.4 Å². The molecule has 0 saturated heterocycles. The van der Waals surface area contributed by atoms with Crippen molar-refractivity contribution in [2.75, 3.05) is 0 Å². The van der Waals surface area contributed by atoms with Gasteiger partial charge < -0.3 is 19.9 Å². The molecular weight excluding hydrogens is 500 g/mol. The molecule has 0 spiro atoms. The second kappa shape index (κ2) is 10.7. The van der Waals surface area contributed by atoms with E-state index in [0.29, 0.717) is 34.3 Å². The first kappa shape index (κ1) is 24.9. The summed E-state index contributed by atoms with van der Waals surface area (Å²) in [5.74, 6) is 0.390. The summed E-state index contributed by atoms with van der Waals surface area (Å²) in [5.41, 5.74) is 10.6. The Morgan fingerprint density at radius 2 is 1.74 bits per heavy atom. The van der Waals surface area contributed by atoms with Crippen LogP contribution in [0.25, 0.3) is 0 Å². The molecule has 0 aliphatic carbocycles. The maximum atomic E-state index is 12.6. The van der Waals surface area contributed by atoms with Gasteiger partial charge in [0.25, 0.3) is 0 Å². The number of nitriles is 1. The highest BCUT2D eigenvalue weighted by Gasteiger charge is 2.31. The highest BCUT2D eigenvalue weighted by atomic mass is 35.5. The number of benzene rings is 4. The molecule has 6 nitrogen and oxygen atoms in total. The average molecular weight is 523 g/mol. The van der Waals surface area contributed by atoms with E-state index in [1.165, 1.54) is 11.6 Å². The predicted octanol–water partition coefficient (Wildman–Crippen LogP) is 6.66. The molecule has 1 heterocycles. The Balaban J connectivity index is 1.37. The van der Waals surface area contributed by atoms with Crippen molar-refractivity contribution in [2.45, 2.75) is 19.4 Å². The van der Waals surface area contributed by atoms with Crippen LogP contribution in [-0.4, -0.2) is 5.97 Å². The van der Waals surface area contributed by atoms with E-state index < -0.39 is 11.9 Å². The number of fused-ring (bicyclic) bond motifs is 1. The van der Waals surface area contributed by atoms with Crippen LogP contribution in [-0.2, 0) is 6.61 Å². The molecule has 1 atom stereocenters. The van der Waals surface area contributed by atoms with Crippen LogP contribution in [0.3, 0.4) is 0 Å². The number of ether oxygens (including phenoxy) is 3. The van der Waals surface area contributed by atoms with Crippen molar-refractivity contribution in [2.24, 2.45) is 5.73 Å². The number of hydrogen-bond acceptors (Lipinski definition) is 6. The lowest BCUT2D eigenvalue weighted by Gasteiger charge is -2.26. The van der Waals surface area contributed by atoms with Crippen molar-refractivity contribution in [3.63, 3.8) is 0 Å². The van der Waals surface area contributed by atoms with Crippen molar-refractivity contribution in [1.29, 1.82) is 5.26 Å². The summed E-state index contributed by atoms with van der Waals surface area (Å²) in [4.78, 5) is 12.6. The Hall–Kier alpha value is -4.73. The zero-order chi connectivity index (χ0) is 26.6. The summed E-state index contributed by atoms with van der Waals surface area (Å²) in [6.45, 7) is 2.50. The van der Waals surface area contributed by atoms with E-state index in [9.17, 15) is 10.1 Å². The summed E-state index contributed by atoms with van der Waals surface area (Å²) in [6, 6.07) is 29.4. The number of rotatable bonds is 6. The second-order valence-corrected chi connectivity index (χ2v) is 9.30. The van der Waals surface area contributed by atoms with Crippen molar-refractivity contribution in [3.8, 4) is 23.3 Å². The lowest BCUT2D eigenvalue weighted by atomic mass is 9.83. The van der Waals surface area contributed by atoms with E-state index in [-0.39, 0.29) is 11.6 Å². The molecule has 1 aliphatic rings. The molecule has 4 aromatic carbocycles. The Labute approximate surface area is 225 Å². The third-order valence-electron chi connectivity index (χ3n) is 6.20. The van der Waals surface area contributed by atoms with Gasteiger partial charge in [-0.3, -0.25) is 0 Å². The fourth-order valence-corrected chi connectivity index (χ4v) is 4.42. The molecule has 5 rings (SSSR count). The van der Waals surface area contributed by atoms with Crippen LogP contribution >= 0.6 is 11.6 Å². The third-order valence-corrected chi connectivity index (χ3v) is 6.44. The molecule has 1 aliphatic heterocycles. The zero-order valence-corrected chi connectivity index (χ0v) is 21.2. The first-order valence-electron chi connectivity index (χ1n) is 11.9. The fraction of sp³-hybridized carbons (Fsp3) is 0.0968. The number of carbonyl (C=O) groups is 1. The molecule has 2 N–H and O–H groups in total. The molecule has 7 heteroatoms. The van der Waals surface area contributed by atoms with Gasteiger partial charge in [0.05, 0.1) is 11.5 Å². The van der Waals surface area contributed by atoms with Crippen molar-refractivity contribution >= 4 is 17.6 Å². The zero-order valence-electron chi connectivity index (χ0n) is 20.5. The molecular formula is C31H23ClN2O4. The first-order valence-corrected chi connectivity index (χ1v) is 12.3. The Morgan fingerprint density at radius 3 is 2.45 bits per heavy atom. The molecule has 0 saturated carbocycles. The van der Waals surface area contributed by atoms with Gasteiger partial charge in [-0.15, -0.1) is 0 Å². The van der Waals surface area contributed by atoms with Gasteiger partial charge in [0.15, 0.2) is 0 Å². The minimum Gasteiger partial charge on any atom is -0.489 e. The number of allylic oxidation sites excluding steroid dienone is 1. The van der Waals surface area contributed by atoms with E-state index in [2.05, 4.69) is 6.07 Å². The van der Waals surface area contributed by atoms with Crippen LogP contribution in [0, 0.1) is 18.3 Å². The molecule has 0 fully saturated rings. The quantitative estimate of drug-likeness (QED) is 0.224. The lowest BCUT2D eigenvalue weighted by Crippen LogP contribution is -2.21. The normalized spacial score (nSPS) is 14.2. The molecule has 0 radical (unpaired) electrons. The minimum absolute atomic E-state index is 0.00279. The number of aryl methyl sites for hydroxylation is 1. The number of nitrogens with two attached hydrogens (primary N) is 1. The van der Waals surface area contributed by atoms with Gasteiger partial charge in [0.1, 0.15) is 35.5 Å². The maximum absolute atomic E-state index is 12.6. The number of hydrogen-bond donors (Lipinski definition) is 1. The van der Waals surface area contributed by atoms with Gasteiger partial charge >= 0.3 is 5.97 Å². The van der Waals surface area contributed by atoms with E-state index in [1.54, 1.807) is 36.4 Å². The van der Waals surface area contributed by atoms with Crippen LogP contribution in [0.1, 0.15) is 38.5 Å². The standard InChI is InChI=1S/C31H23ClN2O4/c1-19-5-7-20(8-6-19)18-36-24-11-9-21(10-12-24)29-26-14-13-25(16-28(26)38-30(34)27(29)17-33)37-31(35)22-3-2-4-23(32)15-22/h2-16,29H,18,34H2,1H3. The fourth-order valence-electron chi connectivity index (χ4n) is 4.23. The monoisotopic (exact) mass is 522 g/mol. The van der Waals surface area contributed by atoms with E-state index >= 15 is 0 Å². The van der Waals surface area contributed by atoms with Crippen LogP contribution in [0.5, 0.6) is 17.2 Å². The smallest absolute Gasteiger partial charge is 0.343 e. The van der Waals surface area contributed by atoms with Gasteiger partial charge in [0.2, 0.25) is 5.88 Å². The third kappa shape index (κ3) is 5.34. The van der Waals surface area contributed by atoms with Crippen LogP contribution in [0.2, 0.25) is 5.02 Å². The van der Waals surface area contributed by atoms with Gasteiger partial charge in [-0.2, -0.15) is 5.26 Å². The SMILES string of the molecule is Cc1ccc(COc2ccc(C3C(C#N)=C(N)Oc4cc(OC(=O)c5cccc(Cl)c5)ccc43)cc2)cc1. The number of carbonyl (C=O) groups excluding carboxylic acids is 1. The summed E-state index contributed by atoms with van der Waals surface area (Å²) >= 11 is 5.98. The lowest BCUT2D eigenvalue weighted by molar-refractivity contribution is 0.0734. The summed E-state index contributed by atoms with van der Waals surface area (Å²) in [5, 5.41) is 10.3. The van der Waals surface area contributed by atoms with Gasteiger partial charge in [0, 0.05) is 16.7 Å². The van der Waals surface area contributed by atoms with E-state index in [0.717, 1.165) is 16.7 Å². The highest BCUT2D eigenvalue weighted by Crippen LogP contribution is 2.43. The van der Waals surface area contributed by atoms with Crippen LogP contribution in [0.4, 0.5) is 0 Å².